The molecule has 1 aliphatic heterocycles. The van der Waals surface area contributed by atoms with Gasteiger partial charge in [-0.1, -0.05) is 12.1 Å². The molecule has 0 saturated carbocycles. The van der Waals surface area contributed by atoms with Gasteiger partial charge in [0.15, 0.2) is 0 Å². The lowest BCUT2D eigenvalue weighted by molar-refractivity contribution is 0.0749. The molecule has 1 aromatic carbocycles. The number of carbonyl (C=O) groups is 1. The quantitative estimate of drug-likeness (QED) is 0.652. The number of amides is 1. The molecule has 1 amide bonds. The van der Waals surface area contributed by atoms with Crippen LogP contribution in [0, 0.1) is 13.8 Å². The fraction of sp³-hybridized carbons (Fsp3) is 0.435. The minimum atomic E-state index is 0.109. The third-order valence-corrected chi connectivity index (χ3v) is 5.98. The first-order valence-corrected chi connectivity index (χ1v) is 10.1. The molecule has 28 heavy (non-hydrogen) atoms. The van der Waals surface area contributed by atoms with E-state index in [9.17, 15) is 4.79 Å². The van der Waals surface area contributed by atoms with E-state index in [-0.39, 0.29) is 18.0 Å². The molecule has 0 unspecified atom stereocenters. The lowest BCUT2D eigenvalue weighted by Crippen LogP contribution is -2.33. The van der Waals surface area contributed by atoms with Gasteiger partial charge in [-0.2, -0.15) is 5.10 Å². The lowest BCUT2D eigenvalue weighted by Gasteiger charge is -2.23. The summed E-state index contributed by atoms with van der Waals surface area (Å²) >= 11 is 0. The van der Waals surface area contributed by atoms with Gasteiger partial charge < -0.3 is 4.90 Å². The number of aromatic nitrogens is 3. The van der Waals surface area contributed by atoms with Crippen LogP contribution in [-0.2, 0) is 0 Å². The molecular formula is C23H28N4O. The fourth-order valence-electron chi connectivity index (χ4n) is 4.00. The van der Waals surface area contributed by atoms with Gasteiger partial charge in [0.1, 0.15) is 0 Å². The van der Waals surface area contributed by atoms with Crippen LogP contribution in [0.4, 0.5) is 0 Å². The predicted octanol–water partition coefficient (Wildman–Crippen LogP) is 4.92. The molecule has 1 fully saturated rings. The molecular weight excluding hydrogens is 348 g/mol. The van der Waals surface area contributed by atoms with Crippen molar-refractivity contribution in [2.45, 2.75) is 59.5 Å². The second-order valence-electron chi connectivity index (χ2n) is 8.25. The minimum absolute atomic E-state index is 0.109. The SMILES string of the molecule is Cc1ccc2c(C(=O)N3CCC[C@@H]3C)cc(-c3cnn(C(C)C)c3)nc2c1C. The highest BCUT2D eigenvalue weighted by molar-refractivity contribution is 6.08. The molecule has 4 rings (SSSR count). The van der Waals surface area contributed by atoms with Crippen LogP contribution < -0.4 is 0 Å². The van der Waals surface area contributed by atoms with E-state index >= 15 is 0 Å². The number of benzene rings is 1. The summed E-state index contributed by atoms with van der Waals surface area (Å²) in [6.45, 7) is 11.3. The van der Waals surface area contributed by atoms with Crippen LogP contribution in [0.1, 0.15) is 61.1 Å². The van der Waals surface area contributed by atoms with Crippen LogP contribution in [0.15, 0.2) is 30.6 Å². The minimum Gasteiger partial charge on any atom is -0.336 e. The van der Waals surface area contributed by atoms with Crippen molar-refractivity contribution < 1.29 is 4.79 Å². The third-order valence-electron chi connectivity index (χ3n) is 5.98. The van der Waals surface area contributed by atoms with Crippen LogP contribution in [0.5, 0.6) is 0 Å². The Balaban J connectivity index is 1.91. The molecule has 1 aliphatic rings. The summed E-state index contributed by atoms with van der Waals surface area (Å²) in [6, 6.07) is 6.64. The maximum absolute atomic E-state index is 13.4. The number of hydrogen-bond acceptors (Lipinski definition) is 3. The van der Waals surface area contributed by atoms with Gasteiger partial charge in [0.2, 0.25) is 0 Å². The Kier molecular flexibility index (Phi) is 4.69. The first kappa shape index (κ1) is 18.7. The number of pyridine rings is 1. The number of rotatable bonds is 3. The second kappa shape index (κ2) is 7.04. The van der Waals surface area contributed by atoms with Gasteiger partial charge in [0.25, 0.3) is 5.91 Å². The van der Waals surface area contributed by atoms with Crippen molar-refractivity contribution in [1.82, 2.24) is 19.7 Å². The zero-order valence-corrected chi connectivity index (χ0v) is 17.4. The molecule has 3 heterocycles. The highest BCUT2D eigenvalue weighted by atomic mass is 16.2. The van der Waals surface area contributed by atoms with Crippen molar-refractivity contribution in [2.24, 2.45) is 0 Å². The molecule has 5 nitrogen and oxygen atoms in total. The van der Waals surface area contributed by atoms with Crippen LogP contribution in [0.2, 0.25) is 0 Å². The average Bonchev–Trinajstić information content (AvgIpc) is 3.33. The van der Waals surface area contributed by atoms with E-state index in [2.05, 4.69) is 45.8 Å². The van der Waals surface area contributed by atoms with Gasteiger partial charge in [-0.25, -0.2) is 4.98 Å². The van der Waals surface area contributed by atoms with Crippen LogP contribution in [0.3, 0.4) is 0 Å². The summed E-state index contributed by atoms with van der Waals surface area (Å²) in [6.07, 6.45) is 5.99. The monoisotopic (exact) mass is 376 g/mol. The molecule has 146 valence electrons. The van der Waals surface area contributed by atoms with Gasteiger partial charge in [-0.3, -0.25) is 9.48 Å². The van der Waals surface area contributed by atoms with Gasteiger partial charge >= 0.3 is 0 Å². The number of hydrogen-bond donors (Lipinski definition) is 0. The first-order valence-electron chi connectivity index (χ1n) is 10.1. The zero-order chi connectivity index (χ0) is 20.0. The summed E-state index contributed by atoms with van der Waals surface area (Å²) in [7, 11) is 0. The molecule has 2 aromatic heterocycles. The van der Waals surface area contributed by atoms with Gasteiger partial charge in [0, 0.05) is 35.8 Å². The first-order chi connectivity index (χ1) is 13.4. The van der Waals surface area contributed by atoms with Crippen molar-refractivity contribution in [2.75, 3.05) is 6.54 Å². The Bertz CT molecular complexity index is 1050. The van der Waals surface area contributed by atoms with E-state index in [1.165, 1.54) is 5.56 Å². The normalized spacial score (nSPS) is 17.1. The molecule has 3 aromatic rings. The number of nitrogens with zero attached hydrogens (tertiary/aromatic N) is 4. The Hall–Kier alpha value is -2.69. The van der Waals surface area contributed by atoms with Crippen LogP contribution in [0.25, 0.3) is 22.2 Å². The average molecular weight is 377 g/mol. The maximum atomic E-state index is 13.4. The van der Waals surface area contributed by atoms with E-state index in [1.807, 2.05) is 34.1 Å². The lowest BCUT2D eigenvalue weighted by atomic mass is 9.99. The van der Waals surface area contributed by atoms with E-state index in [4.69, 9.17) is 4.98 Å². The molecule has 0 spiro atoms. The highest BCUT2D eigenvalue weighted by Gasteiger charge is 2.28. The molecule has 1 atom stereocenters. The van der Waals surface area contributed by atoms with E-state index in [1.54, 1.807) is 0 Å². The molecule has 0 radical (unpaired) electrons. The summed E-state index contributed by atoms with van der Waals surface area (Å²) in [5.41, 5.74) is 5.71. The van der Waals surface area contributed by atoms with Gasteiger partial charge in [0.05, 0.1) is 23.0 Å². The maximum Gasteiger partial charge on any atom is 0.254 e. The van der Waals surface area contributed by atoms with Crippen molar-refractivity contribution in [1.29, 1.82) is 0 Å². The highest BCUT2D eigenvalue weighted by Crippen LogP contribution is 2.30. The number of likely N-dealkylation sites (tertiary alicyclic amines) is 1. The summed E-state index contributed by atoms with van der Waals surface area (Å²) in [5, 5.41) is 5.39. The smallest absolute Gasteiger partial charge is 0.254 e. The summed E-state index contributed by atoms with van der Waals surface area (Å²) < 4.78 is 1.92. The topological polar surface area (TPSA) is 51.0 Å². The zero-order valence-electron chi connectivity index (χ0n) is 17.4. The number of carbonyl (C=O) groups excluding carboxylic acids is 1. The van der Waals surface area contributed by atoms with Crippen molar-refractivity contribution in [3.8, 4) is 11.3 Å². The number of aryl methyl sites for hydroxylation is 2. The van der Waals surface area contributed by atoms with E-state index in [0.717, 1.165) is 52.7 Å². The summed E-state index contributed by atoms with van der Waals surface area (Å²) in [4.78, 5) is 20.4. The van der Waals surface area contributed by atoms with E-state index < -0.39 is 0 Å². The molecule has 5 heteroatoms. The molecule has 1 saturated heterocycles. The Morgan fingerprint density at radius 3 is 2.68 bits per heavy atom. The third kappa shape index (κ3) is 3.09. The predicted molar refractivity (Wildman–Crippen MR) is 113 cm³/mol. The van der Waals surface area contributed by atoms with Crippen LogP contribution in [-0.4, -0.2) is 38.2 Å². The van der Waals surface area contributed by atoms with Crippen molar-refractivity contribution in [3.05, 3.63) is 47.3 Å². The Labute approximate surface area is 166 Å². The largest absolute Gasteiger partial charge is 0.336 e. The molecule has 0 aliphatic carbocycles. The van der Waals surface area contributed by atoms with Gasteiger partial charge in [-0.05, 0) is 64.7 Å². The number of fused-ring (bicyclic) bond motifs is 1. The fourth-order valence-corrected chi connectivity index (χ4v) is 4.00. The van der Waals surface area contributed by atoms with Crippen molar-refractivity contribution in [3.63, 3.8) is 0 Å². The van der Waals surface area contributed by atoms with Gasteiger partial charge in [-0.15, -0.1) is 0 Å². The second-order valence-corrected chi connectivity index (χ2v) is 8.25. The Morgan fingerprint density at radius 2 is 2.04 bits per heavy atom. The van der Waals surface area contributed by atoms with Crippen molar-refractivity contribution >= 4 is 16.8 Å². The molecule has 0 bridgehead atoms. The standard InChI is InChI=1S/C23H28N4O/c1-14(2)27-13-18(12-24-27)21-11-20(23(28)26-10-6-7-16(26)4)19-9-8-15(3)17(5)22(19)25-21/h8-9,11-14,16H,6-7,10H2,1-5H3/t16-/m0/s1. The molecule has 0 N–H and O–H groups in total. The van der Waals surface area contributed by atoms with Crippen LogP contribution >= 0.6 is 0 Å². The summed E-state index contributed by atoms with van der Waals surface area (Å²) in [5.74, 6) is 0.109. The Morgan fingerprint density at radius 1 is 1.25 bits per heavy atom. The van der Waals surface area contributed by atoms with E-state index in [0.29, 0.717) is 0 Å².